The summed E-state index contributed by atoms with van der Waals surface area (Å²) in [6.07, 6.45) is 0. The lowest BCUT2D eigenvalue weighted by molar-refractivity contribution is -0.00000379. The van der Waals surface area contributed by atoms with E-state index in [-0.39, 0.29) is 24.0 Å². The summed E-state index contributed by atoms with van der Waals surface area (Å²) < 4.78 is 0. The Labute approximate surface area is 137 Å². The number of halogens is 1. The molecule has 2 aromatic rings. The standard InChI is InChI=1S/C17H18N2.HI/c1-18-13-19(2)17(15-11-7-4-8-12-15)16(18)14-9-5-3-6-10-14;/h3-12H,13H2,1-2H3;1H/p-1. The van der Waals surface area contributed by atoms with Gasteiger partial charge in [-0.2, -0.15) is 0 Å². The summed E-state index contributed by atoms with van der Waals surface area (Å²) >= 11 is 0. The van der Waals surface area contributed by atoms with Crippen molar-refractivity contribution in [3.8, 4) is 0 Å². The van der Waals surface area contributed by atoms with Crippen LogP contribution in [-0.2, 0) is 0 Å². The molecule has 104 valence electrons. The lowest BCUT2D eigenvalue weighted by Gasteiger charge is -2.16. The molecule has 2 aromatic carbocycles. The zero-order chi connectivity index (χ0) is 13.2. The van der Waals surface area contributed by atoms with E-state index < -0.39 is 0 Å². The van der Waals surface area contributed by atoms with Gasteiger partial charge >= 0.3 is 0 Å². The third-order valence-electron chi connectivity index (χ3n) is 3.51. The molecule has 0 saturated heterocycles. The van der Waals surface area contributed by atoms with E-state index in [1.54, 1.807) is 0 Å². The van der Waals surface area contributed by atoms with E-state index in [0.29, 0.717) is 0 Å². The van der Waals surface area contributed by atoms with Crippen molar-refractivity contribution >= 4 is 11.4 Å². The molecule has 0 bridgehead atoms. The summed E-state index contributed by atoms with van der Waals surface area (Å²) in [6, 6.07) is 21.2. The van der Waals surface area contributed by atoms with Gasteiger partial charge in [0.25, 0.3) is 0 Å². The monoisotopic (exact) mass is 377 g/mol. The van der Waals surface area contributed by atoms with Gasteiger partial charge in [0.15, 0.2) is 0 Å². The quantitative estimate of drug-likeness (QED) is 0.698. The number of hydrogen-bond donors (Lipinski definition) is 0. The normalized spacial score (nSPS) is 14.5. The molecule has 0 aromatic heterocycles. The van der Waals surface area contributed by atoms with Crippen LogP contribution in [0.2, 0.25) is 0 Å². The van der Waals surface area contributed by atoms with Gasteiger partial charge in [0.05, 0.1) is 18.1 Å². The second kappa shape index (κ2) is 6.31. The predicted molar refractivity (Wildman–Crippen MR) is 80.1 cm³/mol. The minimum atomic E-state index is 0. The highest BCUT2D eigenvalue weighted by Crippen LogP contribution is 2.35. The van der Waals surface area contributed by atoms with Crippen LogP contribution in [0.15, 0.2) is 60.7 Å². The van der Waals surface area contributed by atoms with Crippen molar-refractivity contribution in [2.45, 2.75) is 0 Å². The maximum atomic E-state index is 2.30. The van der Waals surface area contributed by atoms with E-state index >= 15 is 0 Å². The fraction of sp³-hybridized carbons (Fsp3) is 0.176. The first-order valence-electron chi connectivity index (χ1n) is 6.55. The van der Waals surface area contributed by atoms with Crippen molar-refractivity contribution < 1.29 is 24.0 Å². The molecular formula is C17H18IN2-. The minimum Gasteiger partial charge on any atom is -1.00 e. The lowest BCUT2D eigenvalue weighted by atomic mass is 10.1. The molecule has 0 unspecified atom stereocenters. The van der Waals surface area contributed by atoms with E-state index in [4.69, 9.17) is 0 Å². The van der Waals surface area contributed by atoms with Gasteiger partial charge in [-0.1, -0.05) is 60.7 Å². The molecule has 0 fully saturated rings. The Bertz CT molecular complexity index is 539. The maximum absolute atomic E-state index is 2.30. The van der Waals surface area contributed by atoms with Crippen LogP contribution in [0.5, 0.6) is 0 Å². The Hall–Kier alpha value is -1.49. The molecule has 0 atom stereocenters. The number of hydrogen-bond acceptors (Lipinski definition) is 2. The summed E-state index contributed by atoms with van der Waals surface area (Å²) in [5.41, 5.74) is 5.14. The summed E-state index contributed by atoms with van der Waals surface area (Å²) in [5.74, 6) is 0. The summed E-state index contributed by atoms with van der Waals surface area (Å²) in [5, 5.41) is 0. The van der Waals surface area contributed by atoms with Crippen molar-refractivity contribution in [3.05, 3.63) is 71.8 Å². The Morgan fingerprint density at radius 2 is 1.00 bits per heavy atom. The second-order valence-corrected chi connectivity index (χ2v) is 4.97. The first-order valence-corrected chi connectivity index (χ1v) is 6.55. The number of benzene rings is 2. The molecule has 0 N–H and O–H groups in total. The van der Waals surface area contributed by atoms with Crippen LogP contribution >= 0.6 is 0 Å². The van der Waals surface area contributed by atoms with Crippen LogP contribution in [-0.4, -0.2) is 30.6 Å². The molecule has 3 heteroatoms. The molecule has 0 aliphatic carbocycles. The van der Waals surface area contributed by atoms with Crippen LogP contribution in [0, 0.1) is 0 Å². The molecule has 0 amide bonds. The van der Waals surface area contributed by atoms with Gasteiger partial charge in [-0.25, -0.2) is 0 Å². The van der Waals surface area contributed by atoms with E-state index in [9.17, 15) is 0 Å². The van der Waals surface area contributed by atoms with Crippen LogP contribution in [0.4, 0.5) is 0 Å². The third kappa shape index (κ3) is 2.68. The average molecular weight is 377 g/mol. The Balaban J connectivity index is 0.00000147. The zero-order valence-corrected chi connectivity index (χ0v) is 13.9. The molecule has 3 rings (SSSR count). The minimum absolute atomic E-state index is 0. The Morgan fingerprint density at radius 3 is 1.35 bits per heavy atom. The van der Waals surface area contributed by atoms with Gasteiger partial charge in [-0.15, -0.1) is 0 Å². The predicted octanol–water partition coefficient (Wildman–Crippen LogP) is 0.351. The molecule has 0 radical (unpaired) electrons. The van der Waals surface area contributed by atoms with Crippen molar-refractivity contribution in [1.29, 1.82) is 0 Å². The van der Waals surface area contributed by atoms with Crippen LogP contribution < -0.4 is 24.0 Å². The SMILES string of the molecule is CN1CN(C)C(c2ccccc2)=C1c1ccccc1.[I-]. The second-order valence-electron chi connectivity index (χ2n) is 4.97. The highest BCUT2D eigenvalue weighted by Gasteiger charge is 2.25. The van der Waals surface area contributed by atoms with Crippen molar-refractivity contribution in [2.75, 3.05) is 20.8 Å². The Kier molecular flexibility index (Phi) is 4.70. The molecule has 0 spiro atoms. The van der Waals surface area contributed by atoms with Gasteiger partial charge in [-0.05, 0) is 11.1 Å². The smallest absolute Gasteiger partial charge is 0.0898 e. The number of rotatable bonds is 2. The Morgan fingerprint density at radius 1 is 0.650 bits per heavy atom. The molecule has 1 heterocycles. The summed E-state index contributed by atoms with van der Waals surface area (Å²) in [4.78, 5) is 4.61. The third-order valence-corrected chi connectivity index (χ3v) is 3.51. The van der Waals surface area contributed by atoms with Crippen LogP contribution in [0.3, 0.4) is 0 Å². The van der Waals surface area contributed by atoms with Crippen LogP contribution in [0.25, 0.3) is 11.4 Å². The van der Waals surface area contributed by atoms with E-state index in [1.165, 1.54) is 22.5 Å². The van der Waals surface area contributed by atoms with Crippen molar-refractivity contribution in [2.24, 2.45) is 0 Å². The molecule has 0 saturated carbocycles. The summed E-state index contributed by atoms with van der Waals surface area (Å²) in [6.45, 7) is 0.925. The molecular weight excluding hydrogens is 359 g/mol. The summed E-state index contributed by atoms with van der Waals surface area (Å²) in [7, 11) is 4.30. The maximum Gasteiger partial charge on any atom is 0.0898 e. The van der Waals surface area contributed by atoms with Crippen LogP contribution in [0.1, 0.15) is 11.1 Å². The van der Waals surface area contributed by atoms with Gasteiger partial charge < -0.3 is 33.8 Å². The molecule has 1 aliphatic heterocycles. The van der Waals surface area contributed by atoms with Gasteiger partial charge in [-0.3, -0.25) is 0 Å². The van der Waals surface area contributed by atoms with Gasteiger partial charge in [0.1, 0.15) is 0 Å². The zero-order valence-electron chi connectivity index (χ0n) is 11.8. The first kappa shape index (κ1) is 14.9. The molecule has 1 aliphatic rings. The highest BCUT2D eigenvalue weighted by atomic mass is 127. The van der Waals surface area contributed by atoms with E-state index in [2.05, 4.69) is 84.6 Å². The van der Waals surface area contributed by atoms with E-state index in [1.807, 2.05) is 0 Å². The topological polar surface area (TPSA) is 6.48 Å². The fourth-order valence-electron chi connectivity index (χ4n) is 2.73. The average Bonchev–Trinajstić information content (AvgIpc) is 2.75. The lowest BCUT2D eigenvalue weighted by Crippen LogP contribution is -3.00. The molecule has 20 heavy (non-hydrogen) atoms. The first-order chi connectivity index (χ1) is 9.27. The fourth-order valence-corrected chi connectivity index (χ4v) is 2.73. The highest BCUT2D eigenvalue weighted by molar-refractivity contribution is 5.90. The number of nitrogens with zero attached hydrogens (tertiary/aromatic N) is 2. The largest absolute Gasteiger partial charge is 1.00 e. The van der Waals surface area contributed by atoms with Gasteiger partial charge in [0.2, 0.25) is 0 Å². The van der Waals surface area contributed by atoms with Crippen molar-refractivity contribution in [3.63, 3.8) is 0 Å². The molecule has 2 nitrogen and oxygen atoms in total. The van der Waals surface area contributed by atoms with E-state index in [0.717, 1.165) is 6.67 Å². The van der Waals surface area contributed by atoms with Crippen molar-refractivity contribution in [1.82, 2.24) is 9.80 Å². The van der Waals surface area contributed by atoms with Gasteiger partial charge in [0, 0.05) is 14.1 Å².